The van der Waals surface area contributed by atoms with E-state index in [1.165, 1.54) is 27.8 Å². The van der Waals surface area contributed by atoms with Crippen molar-refractivity contribution in [1.82, 2.24) is 10.2 Å². The third-order valence-corrected chi connectivity index (χ3v) is 5.79. The maximum atomic E-state index is 12.3. The van der Waals surface area contributed by atoms with Gasteiger partial charge in [-0.15, -0.1) is 0 Å². The number of hydrogen-bond donors (Lipinski definition) is 2. The fourth-order valence-electron chi connectivity index (χ4n) is 4.39. The van der Waals surface area contributed by atoms with Crippen molar-refractivity contribution in [3.05, 3.63) is 89.5 Å². The SMILES string of the molecule is Cc1cc(C)cc(-c2ccc(CN3CCCC(NC(=O)Nc4ccccc4)C3)cc2)c1. The topological polar surface area (TPSA) is 44.4 Å². The molecule has 4 rings (SSSR count). The van der Waals surface area contributed by atoms with Crippen LogP contribution in [-0.2, 0) is 6.54 Å². The summed E-state index contributed by atoms with van der Waals surface area (Å²) in [6.45, 7) is 7.14. The van der Waals surface area contributed by atoms with Crippen molar-refractivity contribution < 1.29 is 4.79 Å². The highest BCUT2D eigenvalue weighted by Crippen LogP contribution is 2.23. The van der Waals surface area contributed by atoms with Gasteiger partial charge in [0.25, 0.3) is 0 Å². The second-order valence-electron chi connectivity index (χ2n) is 8.61. The zero-order chi connectivity index (χ0) is 21.6. The van der Waals surface area contributed by atoms with Gasteiger partial charge in [0.2, 0.25) is 0 Å². The Hall–Kier alpha value is -3.11. The first-order valence-electron chi connectivity index (χ1n) is 11.1. The lowest BCUT2D eigenvalue weighted by Gasteiger charge is -2.33. The fraction of sp³-hybridized carbons (Fsp3) is 0.296. The summed E-state index contributed by atoms with van der Waals surface area (Å²) in [5, 5.41) is 6.05. The second kappa shape index (κ2) is 9.80. The summed E-state index contributed by atoms with van der Waals surface area (Å²) in [5.41, 5.74) is 7.24. The van der Waals surface area contributed by atoms with Crippen LogP contribution in [0.15, 0.2) is 72.8 Å². The van der Waals surface area contributed by atoms with E-state index in [2.05, 4.69) is 71.8 Å². The summed E-state index contributed by atoms with van der Waals surface area (Å²) in [5.74, 6) is 0. The van der Waals surface area contributed by atoms with Crippen LogP contribution in [0.25, 0.3) is 11.1 Å². The molecule has 0 spiro atoms. The van der Waals surface area contributed by atoms with Gasteiger partial charge in [0.1, 0.15) is 0 Å². The van der Waals surface area contributed by atoms with Crippen molar-refractivity contribution in [2.75, 3.05) is 18.4 Å². The molecule has 1 atom stereocenters. The van der Waals surface area contributed by atoms with Crippen molar-refractivity contribution in [2.24, 2.45) is 0 Å². The maximum absolute atomic E-state index is 12.3. The first-order valence-corrected chi connectivity index (χ1v) is 11.1. The van der Waals surface area contributed by atoms with Crippen molar-refractivity contribution >= 4 is 11.7 Å². The Labute approximate surface area is 185 Å². The van der Waals surface area contributed by atoms with E-state index in [-0.39, 0.29) is 12.1 Å². The Kier molecular flexibility index (Phi) is 6.68. The Morgan fingerprint density at radius 1 is 0.935 bits per heavy atom. The zero-order valence-corrected chi connectivity index (χ0v) is 18.4. The van der Waals surface area contributed by atoms with Gasteiger partial charge >= 0.3 is 6.03 Å². The first-order chi connectivity index (χ1) is 15.0. The van der Waals surface area contributed by atoms with Gasteiger partial charge in [-0.25, -0.2) is 4.79 Å². The van der Waals surface area contributed by atoms with Crippen LogP contribution >= 0.6 is 0 Å². The molecule has 160 valence electrons. The van der Waals surface area contributed by atoms with E-state index in [1.807, 2.05) is 30.3 Å². The minimum Gasteiger partial charge on any atom is -0.334 e. The van der Waals surface area contributed by atoms with Gasteiger partial charge < -0.3 is 10.6 Å². The number of carbonyl (C=O) groups is 1. The normalized spacial score (nSPS) is 16.6. The molecule has 1 aliphatic rings. The van der Waals surface area contributed by atoms with Gasteiger partial charge in [-0.05, 0) is 62.1 Å². The molecule has 0 aromatic heterocycles. The molecule has 1 saturated heterocycles. The van der Waals surface area contributed by atoms with E-state index in [1.54, 1.807) is 0 Å². The van der Waals surface area contributed by atoms with E-state index in [4.69, 9.17) is 0 Å². The lowest BCUT2D eigenvalue weighted by Crippen LogP contribution is -2.48. The smallest absolute Gasteiger partial charge is 0.319 e. The predicted octanol–water partition coefficient (Wildman–Crippen LogP) is 5.76. The van der Waals surface area contributed by atoms with Crippen LogP contribution in [0.2, 0.25) is 0 Å². The average Bonchev–Trinajstić information content (AvgIpc) is 2.74. The van der Waals surface area contributed by atoms with Gasteiger partial charge in [-0.2, -0.15) is 0 Å². The third-order valence-electron chi connectivity index (χ3n) is 5.79. The molecule has 1 unspecified atom stereocenters. The molecular formula is C27H31N3O. The molecule has 3 aromatic rings. The number of anilines is 1. The van der Waals surface area contributed by atoms with E-state index >= 15 is 0 Å². The molecule has 0 saturated carbocycles. The standard InChI is InChI=1S/C27H31N3O/c1-20-15-21(2)17-24(16-20)23-12-10-22(11-13-23)18-30-14-6-9-26(19-30)29-27(31)28-25-7-4-3-5-8-25/h3-5,7-8,10-13,15-17,26H,6,9,14,18-19H2,1-2H3,(H2,28,29,31). The molecule has 4 heteroatoms. The van der Waals surface area contributed by atoms with Crippen molar-refractivity contribution in [3.8, 4) is 11.1 Å². The minimum absolute atomic E-state index is 0.129. The summed E-state index contributed by atoms with van der Waals surface area (Å²) < 4.78 is 0. The summed E-state index contributed by atoms with van der Waals surface area (Å²) >= 11 is 0. The number of likely N-dealkylation sites (tertiary alicyclic amines) is 1. The molecule has 2 N–H and O–H groups in total. The number of carbonyl (C=O) groups excluding carboxylic acids is 1. The number of nitrogens with one attached hydrogen (secondary N) is 2. The minimum atomic E-state index is -0.129. The molecule has 0 bridgehead atoms. The van der Waals surface area contributed by atoms with Crippen molar-refractivity contribution in [2.45, 2.75) is 39.3 Å². The van der Waals surface area contributed by atoms with Crippen LogP contribution in [-0.4, -0.2) is 30.1 Å². The number of amides is 2. The number of para-hydroxylation sites is 1. The maximum Gasteiger partial charge on any atom is 0.319 e. The zero-order valence-electron chi connectivity index (χ0n) is 18.4. The van der Waals surface area contributed by atoms with Gasteiger partial charge in [-0.1, -0.05) is 71.8 Å². The van der Waals surface area contributed by atoms with E-state index < -0.39 is 0 Å². The van der Waals surface area contributed by atoms with Crippen molar-refractivity contribution in [3.63, 3.8) is 0 Å². The third kappa shape index (κ3) is 5.96. The molecule has 4 nitrogen and oxygen atoms in total. The average molecular weight is 414 g/mol. The number of aryl methyl sites for hydroxylation is 2. The molecule has 0 aliphatic carbocycles. The first kappa shape index (κ1) is 21.1. The molecule has 1 aliphatic heterocycles. The lowest BCUT2D eigenvalue weighted by atomic mass is 9.99. The monoisotopic (exact) mass is 413 g/mol. The van der Waals surface area contributed by atoms with Gasteiger partial charge in [0.05, 0.1) is 0 Å². The van der Waals surface area contributed by atoms with E-state index in [9.17, 15) is 4.79 Å². The number of piperidine rings is 1. The highest BCUT2D eigenvalue weighted by Gasteiger charge is 2.21. The molecule has 3 aromatic carbocycles. The Morgan fingerprint density at radius 2 is 1.65 bits per heavy atom. The van der Waals surface area contributed by atoms with Crippen LogP contribution in [0.4, 0.5) is 10.5 Å². The second-order valence-corrected chi connectivity index (χ2v) is 8.61. The predicted molar refractivity (Wildman–Crippen MR) is 128 cm³/mol. The molecule has 31 heavy (non-hydrogen) atoms. The quantitative estimate of drug-likeness (QED) is 0.559. The Morgan fingerprint density at radius 3 is 2.35 bits per heavy atom. The fourth-order valence-corrected chi connectivity index (χ4v) is 4.39. The van der Waals surface area contributed by atoms with Crippen molar-refractivity contribution in [1.29, 1.82) is 0 Å². The number of benzene rings is 3. The molecule has 1 heterocycles. The number of hydrogen-bond acceptors (Lipinski definition) is 2. The van der Waals surface area contributed by atoms with Gasteiger partial charge in [0.15, 0.2) is 0 Å². The van der Waals surface area contributed by atoms with Crippen LogP contribution in [0.3, 0.4) is 0 Å². The van der Waals surface area contributed by atoms with E-state index in [0.29, 0.717) is 0 Å². The highest BCUT2D eigenvalue weighted by atomic mass is 16.2. The van der Waals surface area contributed by atoms with E-state index in [0.717, 1.165) is 38.2 Å². The number of rotatable bonds is 5. The summed E-state index contributed by atoms with van der Waals surface area (Å²) in [7, 11) is 0. The summed E-state index contributed by atoms with van der Waals surface area (Å²) in [6, 6.07) is 25.2. The van der Waals surface area contributed by atoms with Crippen LogP contribution < -0.4 is 10.6 Å². The molecular weight excluding hydrogens is 382 g/mol. The molecule has 0 radical (unpaired) electrons. The van der Waals surface area contributed by atoms with Crippen LogP contribution in [0.1, 0.15) is 29.5 Å². The number of nitrogens with zero attached hydrogens (tertiary/aromatic N) is 1. The van der Waals surface area contributed by atoms with Crippen LogP contribution in [0, 0.1) is 13.8 Å². The number of urea groups is 1. The van der Waals surface area contributed by atoms with Crippen LogP contribution in [0.5, 0.6) is 0 Å². The Bertz CT molecular complexity index is 994. The lowest BCUT2D eigenvalue weighted by molar-refractivity contribution is 0.183. The van der Waals surface area contributed by atoms with Gasteiger partial charge in [-0.3, -0.25) is 4.90 Å². The molecule has 2 amide bonds. The summed E-state index contributed by atoms with van der Waals surface area (Å²) in [6.07, 6.45) is 2.11. The highest BCUT2D eigenvalue weighted by molar-refractivity contribution is 5.89. The molecule has 1 fully saturated rings. The van der Waals surface area contributed by atoms with Gasteiger partial charge in [0, 0.05) is 24.8 Å². The Balaban J connectivity index is 1.32. The largest absolute Gasteiger partial charge is 0.334 e. The summed E-state index contributed by atoms with van der Waals surface area (Å²) in [4.78, 5) is 14.8.